The van der Waals surface area contributed by atoms with Crippen LogP contribution in [0.5, 0.6) is 0 Å². The zero-order chi connectivity index (χ0) is 14.5. The van der Waals surface area contributed by atoms with Crippen molar-refractivity contribution in [2.45, 2.75) is 13.5 Å². The van der Waals surface area contributed by atoms with Crippen LogP contribution in [-0.4, -0.2) is 11.5 Å². The van der Waals surface area contributed by atoms with E-state index in [0.29, 0.717) is 23.1 Å². The molecule has 106 valence electrons. The molecule has 4 nitrogen and oxygen atoms in total. The summed E-state index contributed by atoms with van der Waals surface area (Å²) in [7, 11) is 0. The van der Waals surface area contributed by atoms with Gasteiger partial charge in [-0.1, -0.05) is 11.6 Å². The molecule has 0 aliphatic carbocycles. The number of halogens is 2. The number of nitrogens with two attached hydrogens (primary N) is 1. The summed E-state index contributed by atoms with van der Waals surface area (Å²) in [6, 6.07) is 9.79. The summed E-state index contributed by atoms with van der Waals surface area (Å²) >= 11 is 6.15. The van der Waals surface area contributed by atoms with Crippen molar-refractivity contribution in [3.8, 4) is 0 Å². The Morgan fingerprint density at radius 1 is 1.25 bits per heavy atom. The lowest BCUT2D eigenvalue weighted by molar-refractivity contribution is 0.627. The normalized spacial score (nSPS) is 10.4. The highest BCUT2D eigenvalue weighted by Gasteiger charge is 2.10. The van der Waals surface area contributed by atoms with Gasteiger partial charge in [-0.2, -0.15) is 0 Å². The van der Waals surface area contributed by atoms with Gasteiger partial charge in [0.25, 0.3) is 0 Å². The van der Waals surface area contributed by atoms with Crippen LogP contribution in [0.15, 0.2) is 36.4 Å². The fourth-order valence-electron chi connectivity index (χ4n) is 1.89. The number of rotatable bonds is 5. The molecule has 0 atom stereocenters. The van der Waals surface area contributed by atoms with E-state index >= 15 is 0 Å². The molecule has 0 amide bonds. The highest BCUT2D eigenvalue weighted by Crippen LogP contribution is 2.22. The minimum atomic E-state index is -0.254. The Balaban J connectivity index is 2.23. The first-order chi connectivity index (χ1) is 9.63. The SMILES string of the molecule is CCN(Cc1nc(NN)ccc1Cl)c1ccc(F)cc1. The number of pyridine rings is 1. The maximum atomic E-state index is 13.0. The second-order valence-electron chi connectivity index (χ2n) is 4.26. The number of nitrogens with zero attached hydrogens (tertiary/aromatic N) is 2. The van der Waals surface area contributed by atoms with E-state index in [1.807, 2.05) is 11.8 Å². The first-order valence-corrected chi connectivity index (χ1v) is 6.64. The van der Waals surface area contributed by atoms with Crippen LogP contribution in [0.2, 0.25) is 5.02 Å². The third-order valence-corrected chi connectivity index (χ3v) is 3.32. The van der Waals surface area contributed by atoms with Crippen molar-refractivity contribution in [1.82, 2.24) is 4.98 Å². The summed E-state index contributed by atoms with van der Waals surface area (Å²) in [6.07, 6.45) is 0. The Labute approximate surface area is 122 Å². The van der Waals surface area contributed by atoms with Gasteiger partial charge in [0.1, 0.15) is 11.6 Å². The van der Waals surface area contributed by atoms with Gasteiger partial charge in [0.2, 0.25) is 0 Å². The van der Waals surface area contributed by atoms with E-state index in [-0.39, 0.29) is 5.82 Å². The van der Waals surface area contributed by atoms with Crippen LogP contribution in [0.1, 0.15) is 12.6 Å². The molecule has 2 aromatic rings. The van der Waals surface area contributed by atoms with Crippen LogP contribution in [0.3, 0.4) is 0 Å². The van der Waals surface area contributed by atoms with Gasteiger partial charge in [0.15, 0.2) is 0 Å². The van der Waals surface area contributed by atoms with E-state index < -0.39 is 0 Å². The lowest BCUT2D eigenvalue weighted by atomic mass is 10.2. The smallest absolute Gasteiger partial charge is 0.140 e. The second kappa shape index (κ2) is 6.54. The molecule has 0 aliphatic rings. The van der Waals surface area contributed by atoms with Gasteiger partial charge in [-0.3, -0.25) is 0 Å². The van der Waals surface area contributed by atoms with Gasteiger partial charge in [0, 0.05) is 12.2 Å². The van der Waals surface area contributed by atoms with Crippen LogP contribution in [0, 0.1) is 5.82 Å². The minimum Gasteiger partial charge on any atom is -0.366 e. The molecule has 0 aliphatic heterocycles. The van der Waals surface area contributed by atoms with Crippen molar-refractivity contribution in [3.05, 3.63) is 52.9 Å². The molecule has 1 aromatic heterocycles. The molecule has 6 heteroatoms. The Hall–Kier alpha value is -1.85. The van der Waals surface area contributed by atoms with E-state index in [4.69, 9.17) is 17.4 Å². The molecular formula is C14H16ClFN4. The number of nitrogens with one attached hydrogen (secondary N) is 1. The lowest BCUT2D eigenvalue weighted by Gasteiger charge is -2.23. The average Bonchev–Trinajstić information content (AvgIpc) is 2.47. The summed E-state index contributed by atoms with van der Waals surface area (Å²) < 4.78 is 13.0. The molecule has 0 saturated carbocycles. The van der Waals surface area contributed by atoms with E-state index in [9.17, 15) is 4.39 Å². The molecule has 1 aromatic carbocycles. The zero-order valence-corrected chi connectivity index (χ0v) is 11.9. The number of aromatic nitrogens is 1. The van der Waals surface area contributed by atoms with E-state index in [1.54, 1.807) is 24.3 Å². The number of nitrogen functional groups attached to an aromatic ring is 1. The Morgan fingerprint density at radius 2 is 1.95 bits per heavy atom. The van der Waals surface area contributed by atoms with Crippen molar-refractivity contribution in [2.24, 2.45) is 5.84 Å². The summed E-state index contributed by atoms with van der Waals surface area (Å²) in [5, 5.41) is 0.574. The van der Waals surface area contributed by atoms with Gasteiger partial charge in [-0.15, -0.1) is 0 Å². The molecule has 0 saturated heterocycles. The maximum absolute atomic E-state index is 13.0. The number of hydrogen-bond donors (Lipinski definition) is 2. The summed E-state index contributed by atoms with van der Waals surface area (Å²) in [5.74, 6) is 5.65. The highest BCUT2D eigenvalue weighted by atomic mass is 35.5. The van der Waals surface area contributed by atoms with E-state index in [0.717, 1.165) is 12.2 Å². The topological polar surface area (TPSA) is 54.2 Å². The molecule has 3 N–H and O–H groups in total. The molecule has 0 fully saturated rings. The summed E-state index contributed by atoms with van der Waals surface area (Å²) in [5.41, 5.74) is 4.13. The highest BCUT2D eigenvalue weighted by molar-refractivity contribution is 6.31. The van der Waals surface area contributed by atoms with Gasteiger partial charge in [-0.25, -0.2) is 15.2 Å². The first kappa shape index (κ1) is 14.6. The molecule has 0 radical (unpaired) electrons. The maximum Gasteiger partial charge on any atom is 0.140 e. The molecule has 0 spiro atoms. The predicted octanol–water partition coefficient (Wildman–Crippen LogP) is 3.19. The third-order valence-electron chi connectivity index (χ3n) is 2.98. The predicted molar refractivity (Wildman–Crippen MR) is 80.2 cm³/mol. The second-order valence-corrected chi connectivity index (χ2v) is 4.67. The Kier molecular flexibility index (Phi) is 4.76. The van der Waals surface area contributed by atoms with Crippen molar-refractivity contribution in [2.75, 3.05) is 16.9 Å². The van der Waals surface area contributed by atoms with Crippen LogP contribution in [0.4, 0.5) is 15.9 Å². The largest absolute Gasteiger partial charge is 0.366 e. The Bertz CT molecular complexity index is 574. The number of hydrogen-bond acceptors (Lipinski definition) is 4. The summed E-state index contributed by atoms with van der Waals surface area (Å²) in [6.45, 7) is 3.29. The number of anilines is 2. The lowest BCUT2D eigenvalue weighted by Crippen LogP contribution is -2.23. The van der Waals surface area contributed by atoms with Crippen LogP contribution in [-0.2, 0) is 6.54 Å². The number of benzene rings is 1. The van der Waals surface area contributed by atoms with Crippen molar-refractivity contribution in [3.63, 3.8) is 0 Å². The number of hydrazine groups is 1. The fourth-order valence-corrected chi connectivity index (χ4v) is 2.06. The molecule has 0 unspecified atom stereocenters. The standard InChI is InChI=1S/C14H16ClFN4/c1-2-20(11-5-3-10(16)4-6-11)9-13-12(15)7-8-14(18-13)19-17/h3-8H,2,9,17H2,1H3,(H,18,19). The monoisotopic (exact) mass is 294 g/mol. The van der Waals surface area contributed by atoms with Crippen LogP contribution >= 0.6 is 11.6 Å². The van der Waals surface area contributed by atoms with Gasteiger partial charge < -0.3 is 10.3 Å². The molecule has 20 heavy (non-hydrogen) atoms. The summed E-state index contributed by atoms with van der Waals surface area (Å²) in [4.78, 5) is 6.39. The van der Waals surface area contributed by atoms with Gasteiger partial charge in [-0.05, 0) is 43.3 Å². The third kappa shape index (κ3) is 3.37. The molecular weight excluding hydrogens is 279 g/mol. The zero-order valence-electron chi connectivity index (χ0n) is 11.1. The Morgan fingerprint density at radius 3 is 2.55 bits per heavy atom. The van der Waals surface area contributed by atoms with Gasteiger partial charge in [0.05, 0.1) is 17.3 Å². The molecule has 1 heterocycles. The molecule has 0 bridgehead atoms. The van der Waals surface area contributed by atoms with Crippen LogP contribution < -0.4 is 16.2 Å². The first-order valence-electron chi connectivity index (χ1n) is 6.26. The quantitative estimate of drug-likeness (QED) is 0.657. The fraction of sp³-hybridized carbons (Fsp3) is 0.214. The van der Waals surface area contributed by atoms with E-state index in [2.05, 4.69) is 10.4 Å². The van der Waals surface area contributed by atoms with E-state index in [1.165, 1.54) is 12.1 Å². The van der Waals surface area contributed by atoms with Crippen LogP contribution in [0.25, 0.3) is 0 Å². The molecule has 2 rings (SSSR count). The van der Waals surface area contributed by atoms with Gasteiger partial charge >= 0.3 is 0 Å². The van der Waals surface area contributed by atoms with Crippen molar-refractivity contribution in [1.29, 1.82) is 0 Å². The van der Waals surface area contributed by atoms with Crippen molar-refractivity contribution < 1.29 is 4.39 Å². The average molecular weight is 295 g/mol. The minimum absolute atomic E-state index is 0.254. The van der Waals surface area contributed by atoms with Crippen molar-refractivity contribution >= 4 is 23.1 Å².